The topological polar surface area (TPSA) is 35.8 Å². The summed E-state index contributed by atoms with van der Waals surface area (Å²) in [6.45, 7) is 12.2. The van der Waals surface area contributed by atoms with Crippen LogP contribution in [0.4, 0.5) is 0 Å². The molecule has 2 heteroatoms. The molecular formula is C15H28N2. The molecule has 0 heterocycles. The van der Waals surface area contributed by atoms with Crippen molar-refractivity contribution in [1.82, 2.24) is 5.32 Å². The Morgan fingerprint density at radius 2 is 2.00 bits per heavy atom. The van der Waals surface area contributed by atoms with Gasteiger partial charge in [0.25, 0.3) is 0 Å². The van der Waals surface area contributed by atoms with E-state index in [9.17, 15) is 5.26 Å². The first-order valence-corrected chi connectivity index (χ1v) is 6.98. The molecule has 98 valence electrons. The number of nitrogens with one attached hydrogen (secondary N) is 1. The average Bonchev–Trinajstić information content (AvgIpc) is 2.25. The molecule has 0 amide bonds. The summed E-state index contributed by atoms with van der Waals surface area (Å²) in [5, 5.41) is 13.3. The first-order chi connectivity index (χ1) is 7.82. The van der Waals surface area contributed by atoms with Gasteiger partial charge in [0.05, 0.1) is 6.07 Å². The van der Waals surface area contributed by atoms with Crippen LogP contribution in [0.15, 0.2) is 0 Å². The molecule has 1 aliphatic carbocycles. The number of nitriles is 1. The maximum Gasteiger partial charge on any atom is 0.110 e. The molecule has 1 rings (SSSR count). The first-order valence-electron chi connectivity index (χ1n) is 6.98. The lowest BCUT2D eigenvalue weighted by molar-refractivity contribution is 0.0858. The van der Waals surface area contributed by atoms with E-state index in [4.69, 9.17) is 0 Å². The molecule has 1 saturated carbocycles. The maximum absolute atomic E-state index is 9.68. The highest BCUT2D eigenvalue weighted by Crippen LogP contribution is 2.44. The predicted octanol–water partition coefficient (Wildman–Crippen LogP) is 3.73. The van der Waals surface area contributed by atoms with Gasteiger partial charge in [0, 0.05) is 0 Å². The summed E-state index contributed by atoms with van der Waals surface area (Å²) in [5.74, 6) is 1.07. The van der Waals surface area contributed by atoms with Crippen molar-refractivity contribution < 1.29 is 0 Å². The molecule has 0 aliphatic heterocycles. The van der Waals surface area contributed by atoms with E-state index in [0.29, 0.717) is 11.8 Å². The van der Waals surface area contributed by atoms with E-state index in [0.717, 1.165) is 13.0 Å². The number of nitrogens with zero attached hydrogens (tertiary/aromatic N) is 1. The van der Waals surface area contributed by atoms with Crippen LogP contribution in [0.1, 0.15) is 60.3 Å². The van der Waals surface area contributed by atoms with Gasteiger partial charge in [-0.25, -0.2) is 0 Å². The van der Waals surface area contributed by atoms with Crippen LogP contribution in [0, 0.1) is 28.6 Å². The lowest BCUT2D eigenvalue weighted by Gasteiger charge is -2.46. The Hall–Kier alpha value is -0.550. The minimum Gasteiger partial charge on any atom is -0.299 e. The fourth-order valence-corrected chi connectivity index (χ4v) is 3.12. The largest absolute Gasteiger partial charge is 0.299 e. The van der Waals surface area contributed by atoms with Crippen LogP contribution in [-0.4, -0.2) is 12.1 Å². The van der Waals surface area contributed by atoms with Crippen molar-refractivity contribution in [3.63, 3.8) is 0 Å². The SMILES string of the molecule is CC(C)CNC1(C#N)CCCCC1C(C)(C)C. The number of hydrogen-bond acceptors (Lipinski definition) is 2. The Morgan fingerprint density at radius 1 is 1.35 bits per heavy atom. The molecular weight excluding hydrogens is 208 g/mol. The molecule has 0 spiro atoms. The van der Waals surface area contributed by atoms with Crippen LogP contribution in [0.3, 0.4) is 0 Å². The molecule has 1 fully saturated rings. The summed E-state index contributed by atoms with van der Waals surface area (Å²) in [7, 11) is 0. The summed E-state index contributed by atoms with van der Waals surface area (Å²) in [6, 6.07) is 2.62. The lowest BCUT2D eigenvalue weighted by atomic mass is 9.62. The quantitative estimate of drug-likeness (QED) is 0.810. The fraction of sp³-hybridized carbons (Fsp3) is 0.933. The van der Waals surface area contributed by atoms with Gasteiger partial charge in [0.1, 0.15) is 5.54 Å². The van der Waals surface area contributed by atoms with Gasteiger partial charge in [-0.2, -0.15) is 5.26 Å². The standard InChI is InChI=1S/C15H28N2/c1-12(2)10-17-15(11-16)9-7-6-8-13(15)14(3,4)5/h12-13,17H,6-10H2,1-5H3. The van der Waals surface area contributed by atoms with Crippen LogP contribution in [0.2, 0.25) is 0 Å². The molecule has 0 aromatic carbocycles. The van der Waals surface area contributed by atoms with Gasteiger partial charge in [-0.1, -0.05) is 47.5 Å². The summed E-state index contributed by atoms with van der Waals surface area (Å²) in [4.78, 5) is 0. The Labute approximate surface area is 107 Å². The molecule has 17 heavy (non-hydrogen) atoms. The van der Waals surface area contributed by atoms with E-state index in [2.05, 4.69) is 46.0 Å². The molecule has 2 unspecified atom stereocenters. The summed E-state index contributed by atoms with van der Waals surface area (Å²) in [5.41, 5.74) is -0.0824. The second-order valence-electron chi connectivity index (χ2n) is 7.02. The minimum absolute atomic E-state index is 0.208. The molecule has 0 radical (unpaired) electrons. The molecule has 0 saturated heterocycles. The van der Waals surface area contributed by atoms with Crippen LogP contribution in [0.25, 0.3) is 0 Å². The monoisotopic (exact) mass is 236 g/mol. The molecule has 2 nitrogen and oxygen atoms in total. The molecule has 1 N–H and O–H groups in total. The van der Waals surface area contributed by atoms with Gasteiger partial charge < -0.3 is 0 Å². The smallest absolute Gasteiger partial charge is 0.110 e. The molecule has 1 aliphatic rings. The molecule has 0 aromatic rings. The van der Waals surface area contributed by atoms with Crippen LogP contribution in [0.5, 0.6) is 0 Å². The van der Waals surface area contributed by atoms with Crippen LogP contribution >= 0.6 is 0 Å². The molecule has 2 atom stereocenters. The Bertz CT molecular complexity index is 282. The highest BCUT2D eigenvalue weighted by molar-refractivity contribution is 5.14. The van der Waals surface area contributed by atoms with Gasteiger partial charge in [-0.15, -0.1) is 0 Å². The zero-order chi connectivity index (χ0) is 13.1. The second-order valence-corrected chi connectivity index (χ2v) is 7.02. The third-order valence-corrected chi connectivity index (χ3v) is 3.98. The zero-order valence-electron chi connectivity index (χ0n) is 12.1. The van der Waals surface area contributed by atoms with Gasteiger partial charge in [0.15, 0.2) is 0 Å². The van der Waals surface area contributed by atoms with Crippen molar-refractivity contribution in [1.29, 1.82) is 5.26 Å². The van der Waals surface area contributed by atoms with Crippen LogP contribution < -0.4 is 5.32 Å². The highest BCUT2D eigenvalue weighted by Gasteiger charge is 2.46. The average molecular weight is 236 g/mol. The van der Waals surface area contributed by atoms with Crippen molar-refractivity contribution >= 4 is 0 Å². The third kappa shape index (κ3) is 3.45. The van der Waals surface area contributed by atoms with Gasteiger partial charge >= 0.3 is 0 Å². The third-order valence-electron chi connectivity index (χ3n) is 3.98. The van der Waals surface area contributed by atoms with Crippen LogP contribution in [-0.2, 0) is 0 Å². The van der Waals surface area contributed by atoms with Crippen molar-refractivity contribution in [2.24, 2.45) is 17.3 Å². The van der Waals surface area contributed by atoms with Gasteiger partial charge in [-0.05, 0) is 36.6 Å². The summed E-state index contributed by atoms with van der Waals surface area (Å²) < 4.78 is 0. The Balaban J connectivity index is 2.88. The number of rotatable bonds is 3. The van der Waals surface area contributed by atoms with Crippen molar-refractivity contribution in [2.45, 2.75) is 65.8 Å². The van der Waals surface area contributed by atoms with E-state index >= 15 is 0 Å². The van der Waals surface area contributed by atoms with E-state index in [1.807, 2.05) is 0 Å². The van der Waals surface area contributed by atoms with E-state index in [1.54, 1.807) is 0 Å². The fourth-order valence-electron chi connectivity index (χ4n) is 3.12. The summed E-state index contributed by atoms with van der Waals surface area (Å²) >= 11 is 0. The first kappa shape index (κ1) is 14.5. The van der Waals surface area contributed by atoms with Crippen molar-refractivity contribution in [2.75, 3.05) is 6.54 Å². The highest BCUT2D eigenvalue weighted by atomic mass is 15.0. The maximum atomic E-state index is 9.68. The lowest BCUT2D eigenvalue weighted by Crippen LogP contribution is -2.56. The second kappa shape index (κ2) is 5.40. The van der Waals surface area contributed by atoms with E-state index in [-0.39, 0.29) is 11.0 Å². The minimum atomic E-state index is -0.291. The molecule has 0 bridgehead atoms. The van der Waals surface area contributed by atoms with E-state index < -0.39 is 0 Å². The zero-order valence-corrected chi connectivity index (χ0v) is 12.1. The predicted molar refractivity (Wildman–Crippen MR) is 72.6 cm³/mol. The van der Waals surface area contributed by atoms with Gasteiger partial charge in [-0.3, -0.25) is 5.32 Å². The Kier molecular flexibility index (Phi) is 4.61. The normalized spacial score (nSPS) is 30.3. The summed E-state index contributed by atoms with van der Waals surface area (Å²) in [6.07, 6.45) is 4.65. The van der Waals surface area contributed by atoms with Crippen molar-refractivity contribution in [3.05, 3.63) is 0 Å². The molecule has 0 aromatic heterocycles. The van der Waals surface area contributed by atoms with Gasteiger partial charge in [0.2, 0.25) is 0 Å². The number of hydrogen-bond donors (Lipinski definition) is 1. The van der Waals surface area contributed by atoms with Crippen molar-refractivity contribution in [3.8, 4) is 6.07 Å². The van der Waals surface area contributed by atoms with E-state index in [1.165, 1.54) is 19.3 Å². The Morgan fingerprint density at radius 3 is 2.47 bits per heavy atom.